The molecule has 7 nitrogen and oxygen atoms in total. The highest BCUT2D eigenvalue weighted by Gasteiger charge is 2.33. The van der Waals surface area contributed by atoms with Gasteiger partial charge in [-0.05, 0) is 45.3 Å². The molecule has 0 N–H and O–H groups in total. The molecule has 0 saturated carbocycles. The Morgan fingerprint density at radius 2 is 1.93 bits per heavy atom. The minimum atomic E-state index is 0.185. The Morgan fingerprint density at radius 3 is 2.63 bits per heavy atom. The molecule has 0 bridgehead atoms. The summed E-state index contributed by atoms with van der Waals surface area (Å²) >= 11 is 0. The van der Waals surface area contributed by atoms with Crippen molar-refractivity contribution in [3.8, 4) is 0 Å². The van der Waals surface area contributed by atoms with Crippen LogP contribution in [-0.4, -0.2) is 88.9 Å². The zero-order valence-corrected chi connectivity index (χ0v) is 16.6. The van der Waals surface area contributed by atoms with Crippen molar-refractivity contribution in [3.05, 3.63) is 18.0 Å². The monoisotopic (exact) mass is 375 g/mol. The quantitative estimate of drug-likeness (QED) is 0.785. The molecule has 0 aliphatic carbocycles. The Labute approximate surface area is 162 Å². The molecule has 4 heterocycles. The number of morpholine rings is 1. The SMILES string of the molecule is Cn1cc(CN2CCC(N3CCC[C@@H](C(=O)N4CCOCC4)C3)CC2)cn1. The molecule has 0 radical (unpaired) electrons. The summed E-state index contributed by atoms with van der Waals surface area (Å²) in [7, 11) is 1.97. The molecule has 150 valence electrons. The number of aryl methyl sites for hydroxylation is 1. The van der Waals surface area contributed by atoms with Gasteiger partial charge in [0.05, 0.1) is 25.3 Å². The summed E-state index contributed by atoms with van der Waals surface area (Å²) in [6.07, 6.45) is 8.69. The Hall–Kier alpha value is -1.44. The fraction of sp³-hybridized carbons (Fsp3) is 0.800. The normalized spacial score (nSPS) is 26.4. The number of rotatable bonds is 4. The van der Waals surface area contributed by atoms with E-state index in [9.17, 15) is 4.79 Å². The van der Waals surface area contributed by atoms with Crippen molar-refractivity contribution in [2.45, 2.75) is 38.3 Å². The van der Waals surface area contributed by atoms with Gasteiger partial charge in [0.15, 0.2) is 0 Å². The Balaban J connectivity index is 1.26. The molecular formula is C20H33N5O2. The number of likely N-dealkylation sites (tertiary alicyclic amines) is 2. The first-order valence-corrected chi connectivity index (χ1v) is 10.5. The van der Waals surface area contributed by atoms with Gasteiger partial charge in [-0.3, -0.25) is 19.3 Å². The summed E-state index contributed by atoms with van der Waals surface area (Å²) in [5, 5.41) is 4.27. The highest BCUT2D eigenvalue weighted by atomic mass is 16.5. The minimum Gasteiger partial charge on any atom is -0.378 e. The maximum absolute atomic E-state index is 12.9. The average molecular weight is 376 g/mol. The van der Waals surface area contributed by atoms with Crippen molar-refractivity contribution in [2.24, 2.45) is 13.0 Å². The lowest BCUT2D eigenvalue weighted by Crippen LogP contribution is -2.52. The number of hydrogen-bond acceptors (Lipinski definition) is 5. The molecule has 0 aromatic carbocycles. The van der Waals surface area contributed by atoms with E-state index in [4.69, 9.17) is 4.74 Å². The largest absolute Gasteiger partial charge is 0.378 e. The molecule has 1 aromatic heterocycles. The summed E-state index contributed by atoms with van der Waals surface area (Å²) in [6.45, 7) is 8.29. The van der Waals surface area contributed by atoms with Crippen LogP contribution in [0.4, 0.5) is 0 Å². The van der Waals surface area contributed by atoms with Gasteiger partial charge in [0.1, 0.15) is 0 Å². The topological polar surface area (TPSA) is 53.8 Å². The van der Waals surface area contributed by atoms with Crippen LogP contribution in [0, 0.1) is 5.92 Å². The number of ether oxygens (including phenoxy) is 1. The summed E-state index contributed by atoms with van der Waals surface area (Å²) in [4.78, 5) is 20.0. The number of carbonyl (C=O) groups is 1. The first-order valence-electron chi connectivity index (χ1n) is 10.5. The second-order valence-corrected chi connectivity index (χ2v) is 8.30. The molecule has 3 aliphatic rings. The van der Waals surface area contributed by atoms with Crippen LogP contribution in [0.3, 0.4) is 0 Å². The number of carbonyl (C=O) groups excluding carboxylic acids is 1. The van der Waals surface area contributed by atoms with E-state index in [-0.39, 0.29) is 5.92 Å². The summed E-state index contributed by atoms with van der Waals surface area (Å²) in [6, 6.07) is 0.635. The lowest BCUT2D eigenvalue weighted by Gasteiger charge is -2.43. The maximum atomic E-state index is 12.9. The van der Waals surface area contributed by atoms with E-state index >= 15 is 0 Å². The van der Waals surface area contributed by atoms with Gasteiger partial charge in [0.25, 0.3) is 0 Å². The highest BCUT2D eigenvalue weighted by Crippen LogP contribution is 2.26. The van der Waals surface area contributed by atoms with E-state index in [2.05, 4.69) is 21.1 Å². The minimum absolute atomic E-state index is 0.185. The number of amides is 1. The predicted octanol–water partition coefficient (Wildman–Crippen LogP) is 0.955. The average Bonchev–Trinajstić information content (AvgIpc) is 3.13. The first-order chi connectivity index (χ1) is 13.2. The lowest BCUT2D eigenvalue weighted by molar-refractivity contribution is -0.142. The van der Waals surface area contributed by atoms with Gasteiger partial charge in [-0.15, -0.1) is 0 Å². The van der Waals surface area contributed by atoms with Crippen LogP contribution in [0.15, 0.2) is 12.4 Å². The second kappa shape index (κ2) is 8.71. The standard InChI is InChI=1S/C20H33N5O2/c1-22-14-17(13-21-22)15-23-7-4-19(5-8-23)25-6-2-3-18(16-25)20(26)24-9-11-27-12-10-24/h13-14,18-19H,2-12,15-16H2,1H3/t18-/m1/s1. The van der Waals surface area contributed by atoms with Gasteiger partial charge in [0.2, 0.25) is 5.91 Å². The van der Waals surface area contributed by atoms with Crippen molar-refractivity contribution in [1.82, 2.24) is 24.5 Å². The molecule has 0 spiro atoms. The summed E-state index contributed by atoms with van der Waals surface area (Å²) in [5.41, 5.74) is 1.30. The molecular weight excluding hydrogens is 342 g/mol. The zero-order valence-electron chi connectivity index (χ0n) is 16.6. The van der Waals surface area contributed by atoms with Gasteiger partial charge in [-0.25, -0.2) is 0 Å². The van der Waals surface area contributed by atoms with Crippen LogP contribution in [0.1, 0.15) is 31.2 Å². The number of hydrogen-bond donors (Lipinski definition) is 0. The Morgan fingerprint density at radius 1 is 1.15 bits per heavy atom. The molecule has 3 aliphatic heterocycles. The molecule has 0 unspecified atom stereocenters. The fourth-order valence-electron chi connectivity index (χ4n) is 4.84. The predicted molar refractivity (Wildman–Crippen MR) is 103 cm³/mol. The molecule has 4 rings (SSSR count). The van der Waals surface area contributed by atoms with E-state index in [1.807, 2.05) is 22.8 Å². The third kappa shape index (κ3) is 4.70. The van der Waals surface area contributed by atoms with E-state index in [0.29, 0.717) is 25.2 Å². The highest BCUT2D eigenvalue weighted by molar-refractivity contribution is 5.79. The van der Waals surface area contributed by atoms with E-state index in [0.717, 1.165) is 58.7 Å². The molecule has 1 aromatic rings. The van der Waals surface area contributed by atoms with Crippen molar-refractivity contribution in [3.63, 3.8) is 0 Å². The van der Waals surface area contributed by atoms with Gasteiger partial charge in [0, 0.05) is 51.0 Å². The Kier molecular flexibility index (Phi) is 6.10. The molecule has 3 saturated heterocycles. The molecule has 1 amide bonds. The maximum Gasteiger partial charge on any atom is 0.227 e. The third-order valence-corrected chi connectivity index (χ3v) is 6.36. The van der Waals surface area contributed by atoms with Crippen molar-refractivity contribution >= 4 is 5.91 Å². The molecule has 1 atom stereocenters. The third-order valence-electron chi connectivity index (χ3n) is 6.36. The number of piperidine rings is 2. The second-order valence-electron chi connectivity index (χ2n) is 8.30. The van der Waals surface area contributed by atoms with Crippen molar-refractivity contribution in [1.29, 1.82) is 0 Å². The van der Waals surface area contributed by atoms with Crippen LogP contribution in [0.2, 0.25) is 0 Å². The van der Waals surface area contributed by atoms with Crippen molar-refractivity contribution in [2.75, 3.05) is 52.5 Å². The first kappa shape index (κ1) is 18.9. The van der Waals surface area contributed by atoms with Gasteiger partial charge >= 0.3 is 0 Å². The van der Waals surface area contributed by atoms with Gasteiger partial charge < -0.3 is 9.64 Å². The molecule has 7 heteroatoms. The van der Waals surface area contributed by atoms with Gasteiger partial charge in [-0.2, -0.15) is 5.10 Å². The molecule has 27 heavy (non-hydrogen) atoms. The smallest absolute Gasteiger partial charge is 0.227 e. The lowest BCUT2D eigenvalue weighted by atomic mass is 9.92. The zero-order chi connectivity index (χ0) is 18.6. The van der Waals surface area contributed by atoms with E-state index in [1.165, 1.54) is 18.4 Å². The van der Waals surface area contributed by atoms with Crippen LogP contribution in [0.5, 0.6) is 0 Å². The molecule has 3 fully saturated rings. The fourth-order valence-corrected chi connectivity index (χ4v) is 4.84. The van der Waals surface area contributed by atoms with E-state index in [1.54, 1.807) is 0 Å². The van der Waals surface area contributed by atoms with Crippen LogP contribution in [-0.2, 0) is 23.1 Å². The van der Waals surface area contributed by atoms with Crippen molar-refractivity contribution < 1.29 is 9.53 Å². The number of aromatic nitrogens is 2. The van der Waals surface area contributed by atoms with E-state index < -0.39 is 0 Å². The van der Waals surface area contributed by atoms with Crippen LogP contribution < -0.4 is 0 Å². The summed E-state index contributed by atoms with van der Waals surface area (Å²) in [5.74, 6) is 0.544. The Bertz CT molecular complexity index is 620. The van der Waals surface area contributed by atoms with Crippen LogP contribution >= 0.6 is 0 Å². The van der Waals surface area contributed by atoms with Gasteiger partial charge in [-0.1, -0.05) is 0 Å². The number of nitrogens with zero attached hydrogens (tertiary/aromatic N) is 5. The van der Waals surface area contributed by atoms with Crippen LogP contribution in [0.25, 0.3) is 0 Å². The summed E-state index contributed by atoms with van der Waals surface area (Å²) < 4.78 is 7.27.